The minimum atomic E-state index is 0.636. The van der Waals surface area contributed by atoms with E-state index in [1.165, 1.54) is 60.0 Å². The quantitative estimate of drug-likeness (QED) is 0.182. The van der Waals surface area contributed by atoms with Gasteiger partial charge in [-0.05, 0) is 94.0 Å². The van der Waals surface area contributed by atoms with Gasteiger partial charge in [0.15, 0.2) is 0 Å². The van der Waals surface area contributed by atoms with Crippen LogP contribution in [0.3, 0.4) is 0 Å². The number of rotatable bonds is 3. The van der Waals surface area contributed by atoms with E-state index in [1.54, 1.807) is 0 Å². The highest BCUT2D eigenvalue weighted by Gasteiger charge is 2.25. The summed E-state index contributed by atoms with van der Waals surface area (Å²) in [4.78, 5) is 10.6. The lowest BCUT2D eigenvalue weighted by Gasteiger charge is -2.21. The Morgan fingerprint density at radius 2 is 1.02 bits per heavy atom. The molecule has 0 saturated carbocycles. The Labute approximate surface area is 326 Å². The van der Waals surface area contributed by atoms with Gasteiger partial charge in [-0.3, -0.25) is 4.57 Å². The van der Waals surface area contributed by atoms with Crippen molar-refractivity contribution in [2.75, 3.05) is 0 Å². The fourth-order valence-electron chi connectivity index (χ4n) is 9.39. The van der Waals surface area contributed by atoms with E-state index in [2.05, 4.69) is 161 Å². The lowest BCUT2D eigenvalue weighted by atomic mass is 9.99. The molecule has 57 heavy (non-hydrogen) atoms. The van der Waals surface area contributed by atoms with Crippen LogP contribution in [-0.2, 0) is 0 Å². The van der Waals surface area contributed by atoms with Gasteiger partial charge in [-0.25, -0.2) is 9.97 Å². The first-order chi connectivity index (χ1) is 28.3. The summed E-state index contributed by atoms with van der Waals surface area (Å²) in [6, 6.07) is 65.0. The Balaban J connectivity index is 1.06. The average Bonchev–Trinajstić information content (AvgIpc) is 3.78. The van der Waals surface area contributed by atoms with Crippen LogP contribution in [0, 0.1) is 0 Å². The highest BCUT2D eigenvalue weighted by atomic mass is 16.5. The van der Waals surface area contributed by atoms with Crippen LogP contribution >= 0.6 is 0 Å². The zero-order valence-corrected chi connectivity index (χ0v) is 30.5. The summed E-state index contributed by atoms with van der Waals surface area (Å²) >= 11 is 0. The molecule has 0 saturated heterocycles. The molecular formula is C52H30N4O. The molecule has 0 bridgehead atoms. The molecule has 5 heteroatoms. The maximum Gasteiger partial charge on any atom is 0.235 e. The standard InChI is InChI=1S/C52H30N4O/c1-3-14-35-31(11-1)13-9-20-42(35)55-43-19-7-5-16-37(43)39-29-33(24-26-44(39)55)34-25-27-45-40(30-34)49-36-15-4-2-12-32(36)23-28-46(49)56(45)52-53-41-18-10-22-48-50(41)51(54-52)38-17-6-8-21-47(38)57-48/h1-30H. The largest absolute Gasteiger partial charge is 0.456 e. The van der Waals surface area contributed by atoms with Crippen molar-refractivity contribution in [3.8, 4) is 45.5 Å². The van der Waals surface area contributed by atoms with Gasteiger partial charge >= 0.3 is 0 Å². The van der Waals surface area contributed by atoms with Crippen LogP contribution in [-0.4, -0.2) is 19.1 Å². The van der Waals surface area contributed by atoms with E-state index in [0.717, 1.165) is 55.6 Å². The predicted octanol–water partition coefficient (Wildman–Crippen LogP) is 13.6. The Morgan fingerprint density at radius 3 is 1.89 bits per heavy atom. The Morgan fingerprint density at radius 1 is 0.386 bits per heavy atom. The number of nitrogens with zero attached hydrogens (tertiary/aromatic N) is 4. The molecule has 0 N–H and O–H groups in total. The predicted molar refractivity (Wildman–Crippen MR) is 234 cm³/mol. The summed E-state index contributed by atoms with van der Waals surface area (Å²) in [7, 11) is 0. The molecule has 12 aromatic rings. The first-order valence-corrected chi connectivity index (χ1v) is 19.3. The summed E-state index contributed by atoms with van der Waals surface area (Å²) in [5, 5.41) is 10.6. The molecule has 0 spiro atoms. The molecule has 9 aromatic carbocycles. The van der Waals surface area contributed by atoms with Gasteiger partial charge in [0.1, 0.15) is 11.5 Å². The van der Waals surface area contributed by atoms with Crippen LogP contribution in [0.5, 0.6) is 11.5 Å². The van der Waals surface area contributed by atoms with Crippen LogP contribution in [0.1, 0.15) is 0 Å². The molecule has 13 rings (SSSR count). The third kappa shape index (κ3) is 4.28. The molecule has 0 aliphatic carbocycles. The summed E-state index contributed by atoms with van der Waals surface area (Å²) < 4.78 is 11.0. The van der Waals surface area contributed by atoms with Crippen molar-refractivity contribution in [3.05, 3.63) is 182 Å². The first kappa shape index (κ1) is 30.6. The number of hydrogen-bond donors (Lipinski definition) is 0. The topological polar surface area (TPSA) is 44.9 Å². The van der Waals surface area contributed by atoms with Gasteiger partial charge in [0.05, 0.1) is 44.4 Å². The highest BCUT2D eigenvalue weighted by Crippen LogP contribution is 2.46. The number of aromatic nitrogens is 4. The van der Waals surface area contributed by atoms with E-state index in [9.17, 15) is 0 Å². The molecule has 0 amide bonds. The molecular weight excluding hydrogens is 697 g/mol. The molecule has 3 aromatic heterocycles. The van der Waals surface area contributed by atoms with E-state index in [4.69, 9.17) is 14.7 Å². The van der Waals surface area contributed by atoms with Gasteiger partial charge in [-0.1, -0.05) is 115 Å². The number of hydrogen-bond acceptors (Lipinski definition) is 3. The lowest BCUT2D eigenvalue weighted by Crippen LogP contribution is -2.06. The monoisotopic (exact) mass is 726 g/mol. The van der Waals surface area contributed by atoms with Crippen molar-refractivity contribution in [2.24, 2.45) is 0 Å². The van der Waals surface area contributed by atoms with E-state index in [-0.39, 0.29) is 0 Å². The molecule has 4 heterocycles. The van der Waals surface area contributed by atoms with Gasteiger partial charge < -0.3 is 9.30 Å². The fraction of sp³-hybridized carbons (Fsp3) is 0. The molecule has 0 radical (unpaired) electrons. The van der Waals surface area contributed by atoms with Crippen molar-refractivity contribution < 1.29 is 4.74 Å². The third-order valence-electron chi connectivity index (χ3n) is 11.9. The van der Waals surface area contributed by atoms with Crippen molar-refractivity contribution in [3.63, 3.8) is 0 Å². The van der Waals surface area contributed by atoms with E-state index < -0.39 is 0 Å². The second kappa shape index (κ2) is 11.4. The Bertz CT molecular complexity index is 3680. The Hall–Kier alpha value is -7.76. The number of para-hydroxylation sites is 2. The minimum Gasteiger partial charge on any atom is -0.456 e. The SMILES string of the molecule is c1ccc2c(c1)Oc1cccc3nc(-n4c5ccc(-c6ccc7c(c6)c6ccccc6n7-c6cccc7ccccc67)cc5c5c6ccccc6ccc54)nc-2c13. The Kier molecular flexibility index (Phi) is 6.10. The normalized spacial score (nSPS) is 12.4. The maximum atomic E-state index is 6.33. The zero-order valence-electron chi connectivity index (χ0n) is 30.5. The van der Waals surface area contributed by atoms with Crippen LogP contribution in [0.4, 0.5) is 0 Å². The molecule has 0 unspecified atom stereocenters. The van der Waals surface area contributed by atoms with Crippen molar-refractivity contribution in [2.45, 2.75) is 0 Å². The second-order valence-corrected chi connectivity index (χ2v) is 15.0. The summed E-state index contributed by atoms with van der Waals surface area (Å²) in [6.07, 6.45) is 0. The van der Waals surface area contributed by atoms with Crippen LogP contribution < -0.4 is 4.74 Å². The zero-order chi connectivity index (χ0) is 37.2. The number of fused-ring (bicyclic) bond motifs is 11. The van der Waals surface area contributed by atoms with Crippen LogP contribution in [0.15, 0.2) is 182 Å². The third-order valence-corrected chi connectivity index (χ3v) is 11.9. The molecule has 1 aliphatic rings. The molecule has 0 atom stereocenters. The van der Waals surface area contributed by atoms with E-state index in [0.29, 0.717) is 5.95 Å². The van der Waals surface area contributed by atoms with Crippen molar-refractivity contribution in [1.82, 2.24) is 19.1 Å². The van der Waals surface area contributed by atoms with Crippen molar-refractivity contribution in [1.29, 1.82) is 0 Å². The number of ether oxygens (including phenoxy) is 1. The molecule has 264 valence electrons. The van der Waals surface area contributed by atoms with E-state index >= 15 is 0 Å². The van der Waals surface area contributed by atoms with Crippen molar-refractivity contribution >= 4 is 76.1 Å². The van der Waals surface area contributed by atoms with Crippen LogP contribution in [0.2, 0.25) is 0 Å². The maximum absolute atomic E-state index is 6.33. The van der Waals surface area contributed by atoms with Crippen LogP contribution in [0.25, 0.3) is 110 Å². The molecule has 0 fully saturated rings. The van der Waals surface area contributed by atoms with Gasteiger partial charge in [0.25, 0.3) is 0 Å². The van der Waals surface area contributed by atoms with Gasteiger partial charge in [0.2, 0.25) is 5.95 Å². The summed E-state index contributed by atoms with van der Waals surface area (Å²) in [6.45, 7) is 0. The molecule has 5 nitrogen and oxygen atoms in total. The minimum absolute atomic E-state index is 0.636. The second-order valence-electron chi connectivity index (χ2n) is 15.0. The first-order valence-electron chi connectivity index (χ1n) is 19.3. The van der Waals surface area contributed by atoms with Gasteiger partial charge in [-0.15, -0.1) is 0 Å². The summed E-state index contributed by atoms with van der Waals surface area (Å²) in [5.74, 6) is 2.22. The fourth-order valence-corrected chi connectivity index (χ4v) is 9.39. The lowest BCUT2D eigenvalue weighted by molar-refractivity contribution is 0.486. The molecule has 1 aliphatic heterocycles. The number of benzene rings is 9. The van der Waals surface area contributed by atoms with E-state index in [1.807, 2.05) is 30.3 Å². The highest BCUT2D eigenvalue weighted by molar-refractivity contribution is 6.22. The van der Waals surface area contributed by atoms with Gasteiger partial charge in [-0.2, -0.15) is 0 Å². The van der Waals surface area contributed by atoms with Gasteiger partial charge in [0, 0.05) is 32.5 Å². The summed E-state index contributed by atoms with van der Waals surface area (Å²) in [5.41, 5.74) is 10.7. The smallest absolute Gasteiger partial charge is 0.235 e. The average molecular weight is 727 g/mol.